The van der Waals surface area contributed by atoms with Gasteiger partial charge in [0.25, 0.3) is 0 Å². The van der Waals surface area contributed by atoms with Crippen LogP contribution < -0.4 is 25.2 Å². The Kier molecular flexibility index (Phi) is 6.66. The quantitative estimate of drug-likeness (QED) is 0.523. The lowest BCUT2D eigenvalue weighted by Crippen LogP contribution is -2.71. The summed E-state index contributed by atoms with van der Waals surface area (Å²) >= 11 is 0. The molecule has 2 aromatic rings. The van der Waals surface area contributed by atoms with Crippen LogP contribution in [-0.4, -0.2) is 87.4 Å². The number of likely N-dealkylation sites (N-methyl/N-ethyl adjacent to an activating group) is 2. The van der Waals surface area contributed by atoms with E-state index in [-0.39, 0.29) is 5.91 Å². The number of carbonyl (C=O) groups excluding carboxylic acids is 1. The highest BCUT2D eigenvalue weighted by Gasteiger charge is 2.47. The summed E-state index contributed by atoms with van der Waals surface area (Å²) < 4.78 is 11.1. The Morgan fingerprint density at radius 3 is 2.76 bits per heavy atom. The average molecular weight is 454 g/mol. The predicted octanol–water partition coefficient (Wildman–Crippen LogP) is 1.94. The Bertz CT molecular complexity index is 1030. The van der Waals surface area contributed by atoms with Crippen molar-refractivity contribution in [3.05, 3.63) is 37.1 Å². The topological polar surface area (TPSA) is 95.1 Å². The highest BCUT2D eigenvalue weighted by atomic mass is 16.5. The number of carbonyl (C=O) groups is 1. The van der Waals surface area contributed by atoms with Crippen LogP contribution in [0.25, 0.3) is 0 Å². The summed E-state index contributed by atoms with van der Waals surface area (Å²) in [5, 5.41) is 6.15. The molecule has 3 heterocycles. The van der Waals surface area contributed by atoms with Crippen molar-refractivity contribution in [3.63, 3.8) is 0 Å². The minimum absolute atomic E-state index is 0.290. The first-order valence-electron chi connectivity index (χ1n) is 10.9. The van der Waals surface area contributed by atoms with Crippen molar-refractivity contribution in [1.82, 2.24) is 14.9 Å². The molecule has 1 amide bonds. The van der Waals surface area contributed by atoms with Gasteiger partial charge in [-0.2, -0.15) is 4.98 Å². The lowest BCUT2D eigenvalue weighted by atomic mass is 9.95. The van der Waals surface area contributed by atoms with E-state index in [4.69, 9.17) is 9.47 Å². The summed E-state index contributed by atoms with van der Waals surface area (Å²) in [7, 11) is 7.63. The zero-order valence-corrected chi connectivity index (χ0v) is 19.5. The van der Waals surface area contributed by atoms with Crippen molar-refractivity contribution in [1.29, 1.82) is 0 Å². The van der Waals surface area contributed by atoms with E-state index >= 15 is 0 Å². The molecular formula is C23H31N7O3. The zero-order chi connectivity index (χ0) is 23.5. The molecule has 0 radical (unpaired) electrons. The molecule has 33 heavy (non-hydrogen) atoms. The van der Waals surface area contributed by atoms with Crippen LogP contribution >= 0.6 is 0 Å². The Balaban J connectivity index is 1.61. The summed E-state index contributed by atoms with van der Waals surface area (Å²) in [6, 6.07) is 6.03. The summed E-state index contributed by atoms with van der Waals surface area (Å²) in [6.45, 7) is 6.77. The zero-order valence-electron chi connectivity index (χ0n) is 19.5. The van der Waals surface area contributed by atoms with Gasteiger partial charge in [0.2, 0.25) is 11.9 Å². The van der Waals surface area contributed by atoms with Gasteiger partial charge in [0.15, 0.2) is 0 Å². The van der Waals surface area contributed by atoms with Gasteiger partial charge in [0.05, 0.1) is 42.9 Å². The molecule has 2 N–H and O–H groups in total. The minimum Gasteiger partial charge on any atom is -0.494 e. The largest absolute Gasteiger partial charge is 0.494 e. The number of nitrogens with zero attached hydrogens (tertiary/aromatic N) is 5. The van der Waals surface area contributed by atoms with Crippen LogP contribution in [0, 0.1) is 0 Å². The molecule has 2 atom stereocenters. The number of methoxy groups -OCH3 is 1. The van der Waals surface area contributed by atoms with E-state index in [1.165, 1.54) is 6.08 Å². The molecule has 2 fully saturated rings. The number of nitrogens with one attached hydrogen (secondary N) is 2. The monoisotopic (exact) mass is 453 g/mol. The van der Waals surface area contributed by atoms with Crippen molar-refractivity contribution >= 4 is 34.7 Å². The van der Waals surface area contributed by atoms with Crippen LogP contribution in [0.2, 0.25) is 0 Å². The van der Waals surface area contributed by atoms with Gasteiger partial charge in [-0.05, 0) is 32.3 Å². The Morgan fingerprint density at radius 1 is 1.33 bits per heavy atom. The fourth-order valence-corrected chi connectivity index (χ4v) is 3.83. The highest BCUT2D eigenvalue weighted by molar-refractivity contribution is 6.02. The van der Waals surface area contributed by atoms with Gasteiger partial charge < -0.3 is 34.8 Å². The van der Waals surface area contributed by atoms with Gasteiger partial charge in [-0.25, -0.2) is 4.98 Å². The molecule has 0 saturated carbocycles. The molecule has 176 valence electrons. The van der Waals surface area contributed by atoms with Crippen LogP contribution in [0.1, 0.15) is 0 Å². The van der Waals surface area contributed by atoms with Crippen molar-refractivity contribution in [2.24, 2.45) is 0 Å². The standard InChI is InChI=1S/C23H31N7O3/c1-6-22(31)25-15-11-16(19(32-5)12-17(15)29(4)10-9-28(2)3)26-23-24-8-7-21(27-23)30-13-20-18(30)14-33-20/h6-8,11-12,18,20H,1,9-10,13-14H2,2-5H3,(H,25,31)(H,24,26,27)/t18-,20?/m1/s1. The molecule has 0 bridgehead atoms. The smallest absolute Gasteiger partial charge is 0.247 e. The number of amides is 1. The average Bonchev–Trinajstić information content (AvgIpc) is 2.79. The van der Waals surface area contributed by atoms with E-state index < -0.39 is 0 Å². The number of anilines is 5. The summed E-state index contributed by atoms with van der Waals surface area (Å²) in [6.07, 6.45) is 3.30. The molecule has 1 aromatic carbocycles. The van der Waals surface area contributed by atoms with Crippen molar-refractivity contribution < 1.29 is 14.3 Å². The van der Waals surface area contributed by atoms with Crippen molar-refractivity contribution in [3.8, 4) is 5.75 Å². The summed E-state index contributed by atoms with van der Waals surface area (Å²) in [5.41, 5.74) is 2.12. The van der Waals surface area contributed by atoms with E-state index in [1.807, 2.05) is 39.3 Å². The first-order valence-corrected chi connectivity index (χ1v) is 10.9. The second-order valence-corrected chi connectivity index (χ2v) is 8.44. The molecule has 2 aliphatic heterocycles. The second-order valence-electron chi connectivity index (χ2n) is 8.44. The van der Waals surface area contributed by atoms with Crippen LogP contribution in [0.4, 0.5) is 28.8 Å². The molecule has 4 rings (SSSR count). The van der Waals surface area contributed by atoms with Gasteiger partial charge in [-0.1, -0.05) is 6.58 Å². The van der Waals surface area contributed by atoms with Crippen molar-refractivity contribution in [2.75, 3.05) is 74.9 Å². The van der Waals surface area contributed by atoms with E-state index in [0.29, 0.717) is 35.2 Å². The predicted molar refractivity (Wildman–Crippen MR) is 130 cm³/mol. The van der Waals surface area contributed by atoms with E-state index in [0.717, 1.165) is 37.7 Å². The second kappa shape index (κ2) is 9.63. The Hall–Kier alpha value is -3.37. The van der Waals surface area contributed by atoms with Gasteiger partial charge in [0.1, 0.15) is 11.6 Å². The molecule has 10 nitrogen and oxygen atoms in total. The number of aromatic nitrogens is 2. The molecular weight excluding hydrogens is 422 g/mol. The van der Waals surface area contributed by atoms with Crippen LogP contribution in [0.3, 0.4) is 0 Å². The third-order valence-electron chi connectivity index (χ3n) is 5.92. The maximum atomic E-state index is 12.1. The number of hydrogen-bond donors (Lipinski definition) is 2. The third-order valence-corrected chi connectivity index (χ3v) is 5.92. The maximum absolute atomic E-state index is 12.1. The summed E-state index contributed by atoms with van der Waals surface area (Å²) in [5.74, 6) is 1.63. The normalized spacial score (nSPS) is 18.6. The van der Waals surface area contributed by atoms with Gasteiger partial charge in [-0.15, -0.1) is 0 Å². The molecule has 2 saturated heterocycles. The number of morpholine rings is 1. The van der Waals surface area contributed by atoms with Crippen LogP contribution in [-0.2, 0) is 9.53 Å². The van der Waals surface area contributed by atoms with Gasteiger partial charge >= 0.3 is 0 Å². The van der Waals surface area contributed by atoms with Gasteiger partial charge in [0, 0.05) is 38.9 Å². The number of fused-ring (bicyclic) bond motifs is 1. The third kappa shape index (κ3) is 4.86. The molecule has 2 aliphatic rings. The van der Waals surface area contributed by atoms with E-state index in [1.54, 1.807) is 13.3 Å². The van der Waals surface area contributed by atoms with Crippen LogP contribution in [0.5, 0.6) is 5.75 Å². The van der Waals surface area contributed by atoms with Crippen molar-refractivity contribution in [2.45, 2.75) is 12.1 Å². The Morgan fingerprint density at radius 2 is 2.15 bits per heavy atom. The van der Waals surface area contributed by atoms with Gasteiger partial charge in [-0.3, -0.25) is 4.79 Å². The number of rotatable bonds is 10. The molecule has 0 aliphatic carbocycles. The number of ether oxygens (including phenoxy) is 2. The summed E-state index contributed by atoms with van der Waals surface area (Å²) in [4.78, 5) is 27.6. The van der Waals surface area contributed by atoms with E-state index in [2.05, 4.69) is 41.9 Å². The first-order chi connectivity index (χ1) is 15.9. The lowest BCUT2D eigenvalue weighted by Gasteiger charge is -2.55. The molecule has 0 spiro atoms. The van der Waals surface area contributed by atoms with E-state index in [9.17, 15) is 4.79 Å². The number of benzene rings is 1. The lowest BCUT2D eigenvalue weighted by molar-refractivity contribution is -0.113. The first kappa shape index (κ1) is 22.8. The SMILES string of the molecule is C=CC(=O)Nc1cc(Nc2nccc(N3CC4OC[C@H]43)n2)c(OC)cc1N(C)CCN(C)C. The highest BCUT2D eigenvalue weighted by Crippen LogP contribution is 2.38. The minimum atomic E-state index is -0.290. The molecule has 10 heteroatoms. The fraction of sp³-hybridized carbons (Fsp3) is 0.435. The Labute approximate surface area is 194 Å². The maximum Gasteiger partial charge on any atom is 0.247 e. The molecule has 1 aromatic heterocycles. The molecule has 1 unspecified atom stereocenters. The number of hydrogen-bond acceptors (Lipinski definition) is 9. The van der Waals surface area contributed by atoms with Crippen LogP contribution in [0.15, 0.2) is 37.1 Å². The fourth-order valence-electron chi connectivity index (χ4n) is 3.83.